The first-order chi connectivity index (χ1) is 11.6. The van der Waals surface area contributed by atoms with Crippen LogP contribution in [0.4, 0.5) is 0 Å². The zero-order valence-corrected chi connectivity index (χ0v) is 15.2. The van der Waals surface area contributed by atoms with Crippen LogP contribution in [0.1, 0.15) is 35.9 Å². The van der Waals surface area contributed by atoms with Crippen molar-refractivity contribution in [3.8, 4) is 0 Å². The van der Waals surface area contributed by atoms with Crippen molar-refractivity contribution < 1.29 is 5.11 Å². The van der Waals surface area contributed by atoms with Gasteiger partial charge in [0.05, 0.1) is 16.7 Å². The second-order valence-corrected chi connectivity index (χ2v) is 7.68. The molecule has 1 aromatic carbocycles. The van der Waals surface area contributed by atoms with Crippen LogP contribution < -0.4 is 0 Å². The normalized spacial score (nSPS) is 20.4. The van der Waals surface area contributed by atoms with Crippen molar-refractivity contribution in [3.63, 3.8) is 0 Å². The molecule has 0 spiro atoms. The quantitative estimate of drug-likeness (QED) is 0.901. The van der Waals surface area contributed by atoms with Crippen LogP contribution in [0.3, 0.4) is 0 Å². The van der Waals surface area contributed by atoms with Crippen LogP contribution in [0.5, 0.6) is 0 Å². The molecule has 0 aliphatic carbocycles. The molecule has 5 nitrogen and oxygen atoms in total. The monoisotopic (exact) mass is 346 g/mol. The summed E-state index contributed by atoms with van der Waals surface area (Å²) in [5.74, 6) is 0.394. The molecule has 1 N–H and O–H groups in total. The van der Waals surface area contributed by atoms with Crippen molar-refractivity contribution in [2.24, 2.45) is 0 Å². The summed E-state index contributed by atoms with van der Waals surface area (Å²) >= 11 is 1.48. The van der Waals surface area contributed by atoms with Crippen LogP contribution in [-0.2, 0) is 13.1 Å². The molecule has 130 valence electrons. The summed E-state index contributed by atoms with van der Waals surface area (Å²) < 4.78 is 4.11. The lowest BCUT2D eigenvalue weighted by Crippen LogP contribution is -2.33. The van der Waals surface area contributed by atoms with Gasteiger partial charge < -0.3 is 5.11 Å². The fraction of sp³-hybridized carbons (Fsp3) is 0.556. The van der Waals surface area contributed by atoms with E-state index in [1.807, 2.05) is 6.07 Å². The first-order valence-electron chi connectivity index (χ1n) is 8.59. The Morgan fingerprint density at radius 2 is 1.79 bits per heavy atom. The third kappa shape index (κ3) is 4.60. The Hall–Kier alpha value is -1.34. The van der Waals surface area contributed by atoms with Crippen molar-refractivity contribution in [2.45, 2.75) is 39.0 Å². The molecule has 1 unspecified atom stereocenters. The van der Waals surface area contributed by atoms with E-state index in [1.165, 1.54) is 22.0 Å². The number of hydrogen-bond acceptors (Lipinski definition) is 6. The van der Waals surface area contributed by atoms with Crippen LogP contribution in [-0.4, -0.2) is 56.8 Å². The summed E-state index contributed by atoms with van der Waals surface area (Å²) in [4.78, 5) is 5.90. The molecular weight excluding hydrogens is 320 g/mol. The largest absolute Gasteiger partial charge is 0.390 e. The Kier molecular flexibility index (Phi) is 5.94. The van der Waals surface area contributed by atoms with Gasteiger partial charge >= 0.3 is 0 Å². The van der Waals surface area contributed by atoms with Crippen LogP contribution in [0.25, 0.3) is 0 Å². The fourth-order valence-electron chi connectivity index (χ4n) is 3.21. The molecule has 24 heavy (non-hydrogen) atoms. The number of hydrogen-bond donors (Lipinski definition) is 1. The lowest BCUT2D eigenvalue weighted by atomic mass is 10.1. The Morgan fingerprint density at radius 1 is 1.12 bits per heavy atom. The molecule has 1 aliphatic rings. The SMILES string of the molecule is CC(C)c1nnsc1CN1CCN(Cc2ccccc2)CC(O)C1. The van der Waals surface area contributed by atoms with Gasteiger partial charge in [0, 0.05) is 39.3 Å². The third-order valence-electron chi connectivity index (χ3n) is 4.42. The van der Waals surface area contributed by atoms with Gasteiger partial charge in [-0.3, -0.25) is 9.80 Å². The first kappa shape index (κ1) is 17.5. The molecule has 1 fully saturated rings. The highest BCUT2D eigenvalue weighted by Crippen LogP contribution is 2.22. The number of aromatic nitrogens is 2. The molecule has 1 aromatic heterocycles. The first-order valence-corrected chi connectivity index (χ1v) is 9.37. The third-order valence-corrected chi connectivity index (χ3v) is 5.14. The standard InChI is InChI=1S/C18H26N4OS/c1-14(2)18-17(24-20-19-18)13-22-9-8-21(11-16(23)12-22)10-15-6-4-3-5-7-15/h3-7,14,16,23H,8-13H2,1-2H3. The minimum Gasteiger partial charge on any atom is -0.390 e. The van der Waals surface area contributed by atoms with Crippen molar-refractivity contribution in [3.05, 3.63) is 46.5 Å². The maximum Gasteiger partial charge on any atom is 0.0826 e. The van der Waals surface area contributed by atoms with Crippen LogP contribution in [0.15, 0.2) is 30.3 Å². The number of nitrogens with zero attached hydrogens (tertiary/aromatic N) is 4. The summed E-state index contributed by atoms with van der Waals surface area (Å²) in [7, 11) is 0. The van der Waals surface area contributed by atoms with Gasteiger partial charge in [0.25, 0.3) is 0 Å². The van der Waals surface area contributed by atoms with E-state index in [9.17, 15) is 5.11 Å². The maximum absolute atomic E-state index is 10.4. The van der Waals surface area contributed by atoms with Crippen molar-refractivity contribution in [1.29, 1.82) is 0 Å². The molecular formula is C18H26N4OS. The minimum absolute atomic E-state index is 0.320. The van der Waals surface area contributed by atoms with Crippen molar-refractivity contribution in [2.75, 3.05) is 26.2 Å². The van der Waals surface area contributed by atoms with E-state index in [2.05, 4.69) is 57.5 Å². The van der Waals surface area contributed by atoms with Gasteiger partial charge in [-0.25, -0.2) is 0 Å². The second-order valence-electron chi connectivity index (χ2n) is 6.85. The Bertz CT molecular complexity index is 631. The molecule has 0 radical (unpaired) electrons. The van der Waals surface area contributed by atoms with Gasteiger partial charge in [0.2, 0.25) is 0 Å². The zero-order valence-electron chi connectivity index (χ0n) is 14.4. The van der Waals surface area contributed by atoms with Crippen LogP contribution >= 0.6 is 11.5 Å². The maximum atomic E-state index is 10.4. The highest BCUT2D eigenvalue weighted by atomic mass is 32.1. The predicted octanol–water partition coefficient (Wildman–Crippen LogP) is 2.34. The topological polar surface area (TPSA) is 52.5 Å². The number of rotatable bonds is 5. The molecule has 2 aromatic rings. The predicted molar refractivity (Wildman–Crippen MR) is 97.0 cm³/mol. The number of benzene rings is 1. The minimum atomic E-state index is -0.320. The number of aliphatic hydroxyl groups is 1. The van der Waals surface area contributed by atoms with Gasteiger partial charge in [-0.2, -0.15) is 0 Å². The number of β-amino-alcohol motifs (C(OH)–C–C–N with tert-alkyl or cyclic N) is 1. The Labute approximate surface area is 148 Å². The summed E-state index contributed by atoms with van der Waals surface area (Å²) in [6, 6.07) is 10.5. The average Bonchev–Trinajstić information content (AvgIpc) is 2.94. The smallest absolute Gasteiger partial charge is 0.0826 e. The van der Waals surface area contributed by atoms with Crippen LogP contribution in [0.2, 0.25) is 0 Å². The van der Waals surface area contributed by atoms with Gasteiger partial charge in [-0.15, -0.1) is 5.10 Å². The van der Waals surface area contributed by atoms with E-state index >= 15 is 0 Å². The number of aliphatic hydroxyl groups excluding tert-OH is 1. The van der Waals surface area contributed by atoms with E-state index in [4.69, 9.17) is 0 Å². The highest BCUT2D eigenvalue weighted by molar-refractivity contribution is 7.05. The van der Waals surface area contributed by atoms with Gasteiger partial charge in [-0.05, 0) is 23.0 Å². The summed E-state index contributed by atoms with van der Waals surface area (Å²) in [5.41, 5.74) is 2.40. The fourth-order valence-corrected chi connectivity index (χ4v) is 4.05. The molecule has 0 saturated carbocycles. The molecule has 2 heterocycles. The van der Waals surface area contributed by atoms with Gasteiger partial charge in [-0.1, -0.05) is 48.7 Å². The Morgan fingerprint density at radius 3 is 2.46 bits per heavy atom. The van der Waals surface area contributed by atoms with Crippen molar-refractivity contribution in [1.82, 2.24) is 19.4 Å². The van der Waals surface area contributed by atoms with E-state index in [1.54, 1.807) is 0 Å². The lowest BCUT2D eigenvalue weighted by Gasteiger charge is -2.21. The molecule has 1 aliphatic heterocycles. The summed E-state index contributed by atoms with van der Waals surface area (Å²) in [6.07, 6.45) is -0.320. The summed E-state index contributed by atoms with van der Waals surface area (Å²) in [6.45, 7) is 9.39. The summed E-state index contributed by atoms with van der Waals surface area (Å²) in [5, 5.41) is 14.7. The average molecular weight is 347 g/mol. The van der Waals surface area contributed by atoms with E-state index < -0.39 is 0 Å². The molecule has 6 heteroatoms. The molecule has 1 saturated heterocycles. The zero-order chi connectivity index (χ0) is 16.9. The van der Waals surface area contributed by atoms with E-state index in [0.717, 1.165) is 38.4 Å². The van der Waals surface area contributed by atoms with E-state index in [0.29, 0.717) is 12.5 Å². The second kappa shape index (κ2) is 8.16. The Balaban J connectivity index is 1.61. The highest BCUT2D eigenvalue weighted by Gasteiger charge is 2.23. The molecule has 0 bridgehead atoms. The molecule has 1 atom stereocenters. The molecule has 3 rings (SSSR count). The van der Waals surface area contributed by atoms with Gasteiger partial charge in [0.1, 0.15) is 0 Å². The lowest BCUT2D eigenvalue weighted by molar-refractivity contribution is 0.106. The molecule has 0 amide bonds. The van der Waals surface area contributed by atoms with Crippen molar-refractivity contribution >= 4 is 11.5 Å². The van der Waals surface area contributed by atoms with E-state index in [-0.39, 0.29) is 6.10 Å². The van der Waals surface area contributed by atoms with Gasteiger partial charge in [0.15, 0.2) is 0 Å². The van der Waals surface area contributed by atoms with Crippen LogP contribution in [0, 0.1) is 0 Å².